The highest BCUT2D eigenvalue weighted by Crippen LogP contribution is 2.32. The maximum absolute atomic E-state index is 12.2. The lowest BCUT2D eigenvalue weighted by Gasteiger charge is -2.28. The van der Waals surface area contributed by atoms with Crippen LogP contribution in [0.1, 0.15) is 46.0 Å². The van der Waals surface area contributed by atoms with Crippen LogP contribution in [0.3, 0.4) is 0 Å². The molecular weight excluding hydrogens is 200 g/mol. The third-order valence-corrected chi connectivity index (χ3v) is 4.10. The minimum Gasteiger partial charge on any atom is -0.338 e. The van der Waals surface area contributed by atoms with E-state index in [1.807, 2.05) is 0 Å². The van der Waals surface area contributed by atoms with E-state index in [1.54, 1.807) is 0 Å². The lowest BCUT2D eigenvalue weighted by atomic mass is 10.1. The van der Waals surface area contributed by atoms with Crippen LogP contribution in [0.15, 0.2) is 0 Å². The molecular formula is C13H24N2O. The Morgan fingerprint density at radius 1 is 1.38 bits per heavy atom. The van der Waals surface area contributed by atoms with Gasteiger partial charge in [0.15, 0.2) is 0 Å². The van der Waals surface area contributed by atoms with Crippen molar-refractivity contribution in [2.45, 2.75) is 58.0 Å². The first-order valence-corrected chi connectivity index (χ1v) is 6.78. The zero-order valence-corrected chi connectivity index (χ0v) is 10.5. The predicted octanol–water partition coefficient (Wildman–Crippen LogP) is 1.78. The molecule has 1 heterocycles. The average molecular weight is 224 g/mol. The molecule has 92 valence electrons. The van der Waals surface area contributed by atoms with Crippen LogP contribution in [0.4, 0.5) is 0 Å². The van der Waals surface area contributed by atoms with E-state index in [1.165, 1.54) is 19.3 Å². The first kappa shape index (κ1) is 11.9. The number of hydrogen-bond acceptors (Lipinski definition) is 2. The summed E-state index contributed by atoms with van der Waals surface area (Å²) in [7, 11) is 0. The van der Waals surface area contributed by atoms with Crippen molar-refractivity contribution in [3.63, 3.8) is 0 Å². The van der Waals surface area contributed by atoms with Gasteiger partial charge in [-0.25, -0.2) is 0 Å². The zero-order valence-electron chi connectivity index (χ0n) is 10.5. The van der Waals surface area contributed by atoms with Crippen molar-refractivity contribution >= 4 is 5.91 Å². The van der Waals surface area contributed by atoms with Crippen molar-refractivity contribution in [1.82, 2.24) is 10.2 Å². The van der Waals surface area contributed by atoms with E-state index in [9.17, 15) is 4.79 Å². The van der Waals surface area contributed by atoms with Crippen LogP contribution < -0.4 is 5.32 Å². The van der Waals surface area contributed by atoms with Gasteiger partial charge >= 0.3 is 0 Å². The fourth-order valence-electron chi connectivity index (χ4n) is 3.13. The summed E-state index contributed by atoms with van der Waals surface area (Å²) in [5, 5.41) is 3.36. The molecule has 1 saturated carbocycles. The highest BCUT2D eigenvalue weighted by molar-refractivity contribution is 5.84. The van der Waals surface area contributed by atoms with Crippen LogP contribution in [-0.4, -0.2) is 36.0 Å². The molecule has 0 aromatic carbocycles. The fourth-order valence-corrected chi connectivity index (χ4v) is 3.13. The Hall–Kier alpha value is -0.570. The van der Waals surface area contributed by atoms with E-state index >= 15 is 0 Å². The van der Waals surface area contributed by atoms with Crippen LogP contribution in [-0.2, 0) is 4.79 Å². The summed E-state index contributed by atoms with van der Waals surface area (Å²) in [6.45, 7) is 6.36. The van der Waals surface area contributed by atoms with Gasteiger partial charge in [0.05, 0.1) is 6.04 Å². The second kappa shape index (κ2) is 5.17. The molecule has 1 N–H and O–H groups in total. The standard InChI is InChI=1S/C13H24N2O/c1-3-8-14-11-7-9-15(13(11)16)12-6-4-5-10(12)2/h10-12,14H,3-9H2,1-2H3. The molecule has 0 aromatic rings. The van der Waals surface area contributed by atoms with E-state index < -0.39 is 0 Å². The second-order valence-corrected chi connectivity index (χ2v) is 5.30. The monoisotopic (exact) mass is 224 g/mol. The minimum atomic E-state index is 0.104. The van der Waals surface area contributed by atoms with Gasteiger partial charge in [-0.05, 0) is 38.1 Å². The van der Waals surface area contributed by atoms with Crippen molar-refractivity contribution in [2.24, 2.45) is 5.92 Å². The highest BCUT2D eigenvalue weighted by Gasteiger charge is 2.38. The molecule has 0 bridgehead atoms. The van der Waals surface area contributed by atoms with Gasteiger partial charge < -0.3 is 10.2 Å². The summed E-state index contributed by atoms with van der Waals surface area (Å²) in [6.07, 6.45) is 5.91. The van der Waals surface area contributed by atoms with Crippen molar-refractivity contribution in [3.05, 3.63) is 0 Å². The summed E-state index contributed by atoms with van der Waals surface area (Å²) in [5.41, 5.74) is 0. The SMILES string of the molecule is CCCNC1CCN(C2CCCC2C)C1=O. The molecule has 1 saturated heterocycles. The smallest absolute Gasteiger partial charge is 0.240 e. The van der Waals surface area contributed by atoms with Crippen LogP contribution >= 0.6 is 0 Å². The number of rotatable bonds is 4. The molecule has 1 aliphatic heterocycles. The third kappa shape index (κ3) is 2.24. The molecule has 0 spiro atoms. The maximum Gasteiger partial charge on any atom is 0.240 e. The maximum atomic E-state index is 12.2. The van der Waals surface area contributed by atoms with Crippen LogP contribution in [0.5, 0.6) is 0 Å². The molecule has 3 unspecified atom stereocenters. The highest BCUT2D eigenvalue weighted by atomic mass is 16.2. The number of carbonyl (C=O) groups excluding carboxylic acids is 1. The number of carbonyl (C=O) groups is 1. The third-order valence-electron chi connectivity index (χ3n) is 4.10. The summed E-state index contributed by atoms with van der Waals surface area (Å²) in [4.78, 5) is 14.4. The summed E-state index contributed by atoms with van der Waals surface area (Å²) in [5.74, 6) is 1.06. The first-order valence-electron chi connectivity index (χ1n) is 6.78. The van der Waals surface area contributed by atoms with E-state index in [-0.39, 0.29) is 6.04 Å². The molecule has 0 radical (unpaired) electrons. The van der Waals surface area contributed by atoms with Crippen molar-refractivity contribution in [1.29, 1.82) is 0 Å². The second-order valence-electron chi connectivity index (χ2n) is 5.30. The lowest BCUT2D eigenvalue weighted by molar-refractivity contribution is -0.131. The first-order chi connectivity index (χ1) is 7.74. The molecule has 0 aromatic heterocycles. The van der Waals surface area contributed by atoms with Crippen LogP contribution in [0.2, 0.25) is 0 Å². The van der Waals surface area contributed by atoms with E-state index in [0.29, 0.717) is 17.9 Å². The Balaban J connectivity index is 1.91. The lowest BCUT2D eigenvalue weighted by Crippen LogP contribution is -2.43. The number of amides is 1. The fraction of sp³-hybridized carbons (Fsp3) is 0.923. The van der Waals surface area contributed by atoms with Gasteiger partial charge in [-0.1, -0.05) is 20.3 Å². The van der Waals surface area contributed by atoms with Gasteiger partial charge in [0, 0.05) is 12.6 Å². The Morgan fingerprint density at radius 3 is 2.81 bits per heavy atom. The van der Waals surface area contributed by atoms with Gasteiger partial charge in [0.2, 0.25) is 5.91 Å². The quantitative estimate of drug-likeness (QED) is 0.789. The molecule has 2 rings (SSSR count). The van der Waals surface area contributed by atoms with Crippen LogP contribution in [0.25, 0.3) is 0 Å². The van der Waals surface area contributed by atoms with E-state index in [2.05, 4.69) is 24.1 Å². The van der Waals surface area contributed by atoms with Gasteiger partial charge in [0.1, 0.15) is 0 Å². The molecule has 3 nitrogen and oxygen atoms in total. The Kier molecular flexibility index (Phi) is 3.85. The van der Waals surface area contributed by atoms with E-state index in [4.69, 9.17) is 0 Å². The molecule has 16 heavy (non-hydrogen) atoms. The largest absolute Gasteiger partial charge is 0.338 e. The molecule has 3 atom stereocenters. The van der Waals surface area contributed by atoms with Gasteiger partial charge in [-0.3, -0.25) is 4.79 Å². The number of nitrogens with zero attached hydrogens (tertiary/aromatic N) is 1. The minimum absolute atomic E-state index is 0.104. The molecule has 1 aliphatic carbocycles. The Labute approximate surface area is 98.6 Å². The van der Waals surface area contributed by atoms with Crippen molar-refractivity contribution < 1.29 is 4.79 Å². The molecule has 2 aliphatic rings. The van der Waals surface area contributed by atoms with Crippen molar-refractivity contribution in [2.75, 3.05) is 13.1 Å². The summed E-state index contributed by atoms with van der Waals surface area (Å²) < 4.78 is 0. The predicted molar refractivity (Wildman–Crippen MR) is 65.2 cm³/mol. The number of nitrogens with one attached hydrogen (secondary N) is 1. The van der Waals surface area contributed by atoms with Gasteiger partial charge in [-0.2, -0.15) is 0 Å². The van der Waals surface area contributed by atoms with Gasteiger partial charge in [0.25, 0.3) is 0 Å². The molecule has 2 fully saturated rings. The molecule has 3 heteroatoms. The van der Waals surface area contributed by atoms with Gasteiger partial charge in [-0.15, -0.1) is 0 Å². The van der Waals surface area contributed by atoms with Crippen molar-refractivity contribution in [3.8, 4) is 0 Å². The zero-order chi connectivity index (χ0) is 11.5. The topological polar surface area (TPSA) is 32.3 Å². The number of likely N-dealkylation sites (tertiary alicyclic amines) is 1. The normalized spacial score (nSPS) is 35.0. The Bertz CT molecular complexity index is 254. The van der Waals surface area contributed by atoms with Crippen LogP contribution in [0, 0.1) is 5.92 Å². The number of hydrogen-bond donors (Lipinski definition) is 1. The van der Waals surface area contributed by atoms with E-state index in [0.717, 1.165) is 25.9 Å². The average Bonchev–Trinajstić information content (AvgIpc) is 2.83. The molecule has 1 amide bonds. The summed E-state index contributed by atoms with van der Waals surface area (Å²) >= 11 is 0. The summed E-state index contributed by atoms with van der Waals surface area (Å²) in [6, 6.07) is 0.633. The Morgan fingerprint density at radius 2 is 2.19 bits per heavy atom.